The van der Waals surface area contributed by atoms with Crippen molar-refractivity contribution < 1.29 is 4.79 Å². The van der Waals surface area contributed by atoms with Crippen molar-refractivity contribution in [3.05, 3.63) is 57.0 Å². The highest BCUT2D eigenvalue weighted by Crippen LogP contribution is 2.19. The van der Waals surface area contributed by atoms with Gasteiger partial charge in [-0.1, -0.05) is 0 Å². The van der Waals surface area contributed by atoms with Crippen molar-refractivity contribution in [3.63, 3.8) is 0 Å². The molecule has 0 unspecified atom stereocenters. The van der Waals surface area contributed by atoms with Crippen LogP contribution in [0.2, 0.25) is 0 Å². The van der Waals surface area contributed by atoms with E-state index in [4.69, 9.17) is 0 Å². The van der Waals surface area contributed by atoms with Crippen LogP contribution < -0.4 is 21.5 Å². The number of fused-ring (bicyclic) bond motifs is 1. The van der Waals surface area contributed by atoms with Gasteiger partial charge >= 0.3 is 5.69 Å². The molecule has 0 aromatic carbocycles. The standard InChI is InChI=1S/C17H16N6O3/c24-15(10-7-12-14(19-8-10)21-17(26)22-16(12)25)20-11-3-4-13(18-9-11)23-5-1-2-6-23/h3-4,7-9H,1-2,5-6H2,(H,20,24)(H2,19,21,22,25,26). The fourth-order valence-electron chi connectivity index (χ4n) is 2.97. The van der Waals surface area contributed by atoms with Crippen LogP contribution in [0.5, 0.6) is 0 Å². The molecule has 132 valence electrons. The van der Waals surface area contributed by atoms with Crippen LogP contribution in [-0.4, -0.2) is 38.9 Å². The monoisotopic (exact) mass is 352 g/mol. The van der Waals surface area contributed by atoms with Gasteiger partial charge in [0.05, 0.1) is 22.8 Å². The Morgan fingerprint density at radius 1 is 1.08 bits per heavy atom. The summed E-state index contributed by atoms with van der Waals surface area (Å²) >= 11 is 0. The van der Waals surface area contributed by atoms with Crippen molar-refractivity contribution in [3.8, 4) is 0 Å². The molecular formula is C17H16N6O3. The Balaban J connectivity index is 1.55. The lowest BCUT2D eigenvalue weighted by molar-refractivity contribution is 0.102. The van der Waals surface area contributed by atoms with Crippen molar-refractivity contribution in [1.29, 1.82) is 0 Å². The maximum Gasteiger partial charge on any atom is 0.327 e. The number of anilines is 2. The van der Waals surface area contributed by atoms with E-state index >= 15 is 0 Å². The van der Waals surface area contributed by atoms with Gasteiger partial charge in [0, 0.05) is 19.3 Å². The number of nitrogens with zero attached hydrogens (tertiary/aromatic N) is 3. The molecule has 4 heterocycles. The lowest BCUT2D eigenvalue weighted by Gasteiger charge is -2.16. The number of aromatic amines is 2. The van der Waals surface area contributed by atoms with Gasteiger partial charge in [-0.2, -0.15) is 0 Å². The first kappa shape index (κ1) is 16.0. The van der Waals surface area contributed by atoms with E-state index in [1.807, 2.05) is 6.07 Å². The summed E-state index contributed by atoms with van der Waals surface area (Å²) in [7, 11) is 0. The van der Waals surface area contributed by atoms with Gasteiger partial charge in [-0.25, -0.2) is 14.8 Å². The number of carbonyl (C=O) groups excluding carboxylic acids is 1. The molecule has 1 saturated heterocycles. The van der Waals surface area contributed by atoms with Gasteiger partial charge in [0.1, 0.15) is 11.5 Å². The lowest BCUT2D eigenvalue weighted by Crippen LogP contribution is -2.23. The number of nitrogens with one attached hydrogen (secondary N) is 3. The Bertz CT molecular complexity index is 1080. The van der Waals surface area contributed by atoms with Gasteiger partial charge in [0.15, 0.2) is 0 Å². The van der Waals surface area contributed by atoms with E-state index in [-0.39, 0.29) is 16.6 Å². The first-order valence-corrected chi connectivity index (χ1v) is 8.25. The van der Waals surface area contributed by atoms with Crippen LogP contribution in [0.3, 0.4) is 0 Å². The fourth-order valence-corrected chi connectivity index (χ4v) is 2.97. The number of rotatable bonds is 3. The Hall–Kier alpha value is -3.49. The van der Waals surface area contributed by atoms with Crippen molar-refractivity contribution in [1.82, 2.24) is 19.9 Å². The molecule has 3 aromatic heterocycles. The van der Waals surface area contributed by atoms with Gasteiger partial charge < -0.3 is 10.2 Å². The smallest absolute Gasteiger partial charge is 0.327 e. The van der Waals surface area contributed by atoms with Crippen LogP contribution in [0, 0.1) is 0 Å². The van der Waals surface area contributed by atoms with Crippen molar-refractivity contribution in [2.45, 2.75) is 12.8 Å². The number of H-pyrrole nitrogens is 2. The summed E-state index contributed by atoms with van der Waals surface area (Å²) in [5.74, 6) is 0.476. The number of aromatic nitrogens is 4. The molecule has 1 fully saturated rings. The molecule has 1 aliphatic rings. The van der Waals surface area contributed by atoms with Crippen LogP contribution >= 0.6 is 0 Å². The van der Waals surface area contributed by atoms with Crippen LogP contribution in [0.25, 0.3) is 11.0 Å². The quantitative estimate of drug-likeness (QED) is 0.642. The second kappa shape index (κ2) is 6.43. The van der Waals surface area contributed by atoms with E-state index in [2.05, 4.69) is 30.2 Å². The van der Waals surface area contributed by atoms with Gasteiger partial charge in [-0.3, -0.25) is 19.6 Å². The minimum absolute atomic E-state index is 0.131. The SMILES string of the molecule is O=C(Nc1ccc(N2CCCC2)nc1)c1cnc2[nH]c(=O)[nH]c(=O)c2c1. The molecule has 4 rings (SSSR count). The summed E-state index contributed by atoms with van der Waals surface area (Å²) in [6.07, 6.45) is 5.24. The third-order valence-electron chi connectivity index (χ3n) is 4.29. The molecule has 0 aliphatic carbocycles. The van der Waals surface area contributed by atoms with Gasteiger partial charge in [-0.15, -0.1) is 0 Å². The number of hydrogen-bond donors (Lipinski definition) is 3. The summed E-state index contributed by atoms with van der Waals surface area (Å²) in [5, 5.41) is 2.87. The Labute approximate surface area is 147 Å². The fraction of sp³-hybridized carbons (Fsp3) is 0.235. The van der Waals surface area contributed by atoms with Crippen LogP contribution in [0.4, 0.5) is 11.5 Å². The normalized spacial score (nSPS) is 13.9. The second-order valence-electron chi connectivity index (χ2n) is 6.08. The van der Waals surface area contributed by atoms with Crippen LogP contribution in [0.15, 0.2) is 40.2 Å². The highest BCUT2D eigenvalue weighted by Gasteiger charge is 2.14. The van der Waals surface area contributed by atoms with E-state index in [1.165, 1.54) is 25.1 Å². The Kier molecular flexibility index (Phi) is 3.96. The van der Waals surface area contributed by atoms with Crippen molar-refractivity contribution in [2.75, 3.05) is 23.3 Å². The van der Waals surface area contributed by atoms with E-state index in [0.29, 0.717) is 5.69 Å². The molecule has 0 spiro atoms. The lowest BCUT2D eigenvalue weighted by atomic mass is 10.2. The summed E-state index contributed by atoms with van der Waals surface area (Å²) in [5.41, 5.74) is -0.349. The summed E-state index contributed by atoms with van der Waals surface area (Å²) in [4.78, 5) is 50.6. The van der Waals surface area contributed by atoms with Gasteiger partial charge in [0.2, 0.25) is 0 Å². The summed E-state index contributed by atoms with van der Waals surface area (Å²) in [6, 6.07) is 5.05. The highest BCUT2D eigenvalue weighted by atomic mass is 16.2. The molecular weight excluding hydrogens is 336 g/mol. The zero-order valence-electron chi connectivity index (χ0n) is 13.8. The second-order valence-corrected chi connectivity index (χ2v) is 6.08. The minimum Gasteiger partial charge on any atom is -0.357 e. The molecule has 3 N–H and O–H groups in total. The average Bonchev–Trinajstić information content (AvgIpc) is 3.16. The molecule has 0 radical (unpaired) electrons. The highest BCUT2D eigenvalue weighted by molar-refractivity contribution is 6.05. The molecule has 0 atom stereocenters. The zero-order chi connectivity index (χ0) is 18.1. The predicted octanol–water partition coefficient (Wildman–Crippen LogP) is 0.859. The van der Waals surface area contributed by atoms with Gasteiger partial charge in [-0.05, 0) is 31.0 Å². The maximum absolute atomic E-state index is 12.4. The molecule has 1 aliphatic heterocycles. The van der Waals surface area contributed by atoms with Crippen LogP contribution in [-0.2, 0) is 0 Å². The summed E-state index contributed by atoms with van der Waals surface area (Å²) in [6.45, 7) is 2.00. The molecule has 26 heavy (non-hydrogen) atoms. The van der Waals surface area contributed by atoms with Crippen molar-refractivity contribution in [2.24, 2.45) is 0 Å². The van der Waals surface area contributed by atoms with E-state index in [1.54, 1.807) is 12.3 Å². The molecule has 9 nitrogen and oxygen atoms in total. The Morgan fingerprint density at radius 2 is 1.88 bits per heavy atom. The molecule has 0 saturated carbocycles. The number of hydrogen-bond acceptors (Lipinski definition) is 6. The van der Waals surface area contributed by atoms with E-state index in [0.717, 1.165) is 18.9 Å². The largest absolute Gasteiger partial charge is 0.357 e. The third kappa shape index (κ3) is 3.06. The Morgan fingerprint density at radius 3 is 2.62 bits per heavy atom. The topological polar surface area (TPSA) is 124 Å². The predicted molar refractivity (Wildman–Crippen MR) is 96.6 cm³/mol. The summed E-state index contributed by atoms with van der Waals surface area (Å²) < 4.78 is 0. The molecule has 0 bridgehead atoms. The average molecular weight is 352 g/mol. The first-order chi connectivity index (χ1) is 12.6. The minimum atomic E-state index is -0.642. The molecule has 1 amide bonds. The zero-order valence-corrected chi connectivity index (χ0v) is 13.8. The number of amides is 1. The number of pyridine rings is 2. The number of carbonyl (C=O) groups is 1. The molecule has 9 heteroatoms. The van der Waals surface area contributed by atoms with Crippen molar-refractivity contribution >= 4 is 28.4 Å². The van der Waals surface area contributed by atoms with E-state index in [9.17, 15) is 14.4 Å². The first-order valence-electron chi connectivity index (χ1n) is 8.25. The third-order valence-corrected chi connectivity index (χ3v) is 4.29. The van der Waals surface area contributed by atoms with E-state index < -0.39 is 17.2 Å². The maximum atomic E-state index is 12.4. The molecule has 3 aromatic rings. The van der Waals surface area contributed by atoms with Crippen LogP contribution in [0.1, 0.15) is 23.2 Å². The van der Waals surface area contributed by atoms with Gasteiger partial charge in [0.25, 0.3) is 11.5 Å².